The fourth-order valence-electron chi connectivity index (χ4n) is 2.95. The number of carboxylic acid groups (broad SMARTS) is 1. The Balaban J connectivity index is 2.06. The Morgan fingerprint density at radius 3 is 2.91 bits per heavy atom. The third-order valence-electron chi connectivity index (χ3n) is 4.15. The molecular formula is C15H17N3O4S. The highest BCUT2D eigenvalue weighted by atomic mass is 32.1. The number of fused-ring (bicyclic) bond motifs is 1. The maximum absolute atomic E-state index is 11.9. The minimum atomic E-state index is -0.780. The summed E-state index contributed by atoms with van der Waals surface area (Å²) in [5, 5.41) is 10.1. The van der Waals surface area contributed by atoms with E-state index in [2.05, 4.69) is 9.97 Å². The van der Waals surface area contributed by atoms with Crippen LogP contribution < -0.4 is 4.90 Å². The number of esters is 1. The van der Waals surface area contributed by atoms with E-state index in [0.717, 1.165) is 23.9 Å². The molecule has 1 atom stereocenters. The predicted octanol–water partition coefficient (Wildman–Crippen LogP) is 2.09. The quantitative estimate of drug-likeness (QED) is 0.858. The minimum absolute atomic E-state index is 0.390. The SMILES string of the molecule is COC(=O)c1sc2ncnc(N3CCCC(C(=O)O)C3)c2c1C. The summed E-state index contributed by atoms with van der Waals surface area (Å²) in [5.74, 6) is -0.867. The van der Waals surface area contributed by atoms with Gasteiger partial charge >= 0.3 is 11.9 Å². The van der Waals surface area contributed by atoms with Crippen LogP contribution in [0.25, 0.3) is 10.2 Å². The van der Waals surface area contributed by atoms with E-state index in [1.165, 1.54) is 24.8 Å². The summed E-state index contributed by atoms with van der Waals surface area (Å²) < 4.78 is 4.81. The van der Waals surface area contributed by atoms with Crippen LogP contribution in [-0.4, -0.2) is 47.2 Å². The molecule has 1 aliphatic heterocycles. The Bertz CT molecular complexity index is 773. The average molecular weight is 335 g/mol. The van der Waals surface area contributed by atoms with Crippen LogP contribution in [0.2, 0.25) is 0 Å². The van der Waals surface area contributed by atoms with Gasteiger partial charge in [-0.3, -0.25) is 4.79 Å². The molecule has 0 amide bonds. The molecule has 7 nitrogen and oxygen atoms in total. The van der Waals surface area contributed by atoms with E-state index in [0.29, 0.717) is 28.5 Å². The topological polar surface area (TPSA) is 92.6 Å². The van der Waals surface area contributed by atoms with Crippen LogP contribution in [0.3, 0.4) is 0 Å². The molecule has 1 aliphatic rings. The minimum Gasteiger partial charge on any atom is -0.481 e. The molecule has 3 rings (SSSR count). The number of carbonyl (C=O) groups excluding carboxylic acids is 1. The number of piperidine rings is 1. The molecule has 0 spiro atoms. The lowest BCUT2D eigenvalue weighted by molar-refractivity contribution is -0.141. The van der Waals surface area contributed by atoms with E-state index in [9.17, 15) is 14.7 Å². The van der Waals surface area contributed by atoms with Gasteiger partial charge < -0.3 is 14.7 Å². The van der Waals surface area contributed by atoms with Crippen LogP contribution in [0.4, 0.5) is 5.82 Å². The van der Waals surface area contributed by atoms with Gasteiger partial charge in [-0.2, -0.15) is 0 Å². The first-order valence-corrected chi connectivity index (χ1v) is 8.14. The Labute approximate surface area is 136 Å². The Morgan fingerprint density at radius 1 is 1.43 bits per heavy atom. The zero-order chi connectivity index (χ0) is 16.6. The number of nitrogens with zero attached hydrogens (tertiary/aromatic N) is 3. The molecule has 2 aromatic heterocycles. The zero-order valence-electron chi connectivity index (χ0n) is 12.9. The molecule has 1 saturated heterocycles. The lowest BCUT2D eigenvalue weighted by Crippen LogP contribution is -2.39. The summed E-state index contributed by atoms with van der Waals surface area (Å²) in [6.45, 7) is 3.01. The van der Waals surface area contributed by atoms with Crippen molar-refractivity contribution in [1.29, 1.82) is 0 Å². The molecule has 3 heterocycles. The number of aliphatic carboxylic acids is 1. The first kappa shape index (κ1) is 15.7. The van der Waals surface area contributed by atoms with Gasteiger partial charge in [0, 0.05) is 13.1 Å². The van der Waals surface area contributed by atoms with Crippen LogP contribution in [0, 0.1) is 12.8 Å². The summed E-state index contributed by atoms with van der Waals surface area (Å²) in [5.41, 5.74) is 0.782. The number of hydrogen-bond acceptors (Lipinski definition) is 7. The number of aromatic nitrogens is 2. The van der Waals surface area contributed by atoms with Gasteiger partial charge in [-0.05, 0) is 25.3 Å². The van der Waals surface area contributed by atoms with E-state index >= 15 is 0 Å². The molecule has 1 N–H and O–H groups in total. The first-order chi connectivity index (χ1) is 11.0. The molecule has 122 valence electrons. The number of thiophene rings is 1. The van der Waals surface area contributed by atoms with Crippen LogP contribution in [-0.2, 0) is 9.53 Å². The van der Waals surface area contributed by atoms with E-state index in [-0.39, 0.29) is 0 Å². The maximum atomic E-state index is 11.9. The third kappa shape index (κ3) is 2.74. The molecule has 0 bridgehead atoms. The molecule has 1 fully saturated rings. The summed E-state index contributed by atoms with van der Waals surface area (Å²) >= 11 is 1.27. The van der Waals surface area contributed by atoms with Crippen LogP contribution in [0.5, 0.6) is 0 Å². The highest BCUT2D eigenvalue weighted by molar-refractivity contribution is 7.20. The van der Waals surface area contributed by atoms with Crippen molar-refractivity contribution in [2.75, 3.05) is 25.1 Å². The van der Waals surface area contributed by atoms with Gasteiger partial charge in [-0.15, -0.1) is 11.3 Å². The van der Waals surface area contributed by atoms with Crippen molar-refractivity contribution in [2.45, 2.75) is 19.8 Å². The van der Waals surface area contributed by atoms with Crippen LogP contribution in [0.1, 0.15) is 28.1 Å². The van der Waals surface area contributed by atoms with E-state index in [1.807, 2.05) is 11.8 Å². The number of anilines is 1. The number of rotatable bonds is 3. The van der Waals surface area contributed by atoms with Gasteiger partial charge in [0.1, 0.15) is 21.9 Å². The third-order valence-corrected chi connectivity index (χ3v) is 5.33. The van der Waals surface area contributed by atoms with Gasteiger partial charge in [0.05, 0.1) is 18.4 Å². The number of aryl methyl sites for hydroxylation is 1. The number of carboxylic acids is 1. The summed E-state index contributed by atoms with van der Waals surface area (Å²) in [6.07, 6.45) is 2.94. The Morgan fingerprint density at radius 2 is 2.22 bits per heavy atom. The molecule has 1 unspecified atom stereocenters. The number of ether oxygens (including phenoxy) is 1. The molecule has 2 aromatic rings. The number of methoxy groups -OCH3 is 1. The van der Waals surface area contributed by atoms with E-state index in [1.54, 1.807) is 0 Å². The summed E-state index contributed by atoms with van der Waals surface area (Å²) in [6, 6.07) is 0. The summed E-state index contributed by atoms with van der Waals surface area (Å²) in [7, 11) is 1.35. The monoisotopic (exact) mass is 335 g/mol. The highest BCUT2D eigenvalue weighted by Gasteiger charge is 2.29. The van der Waals surface area contributed by atoms with Gasteiger partial charge in [0.25, 0.3) is 0 Å². The second-order valence-corrected chi connectivity index (χ2v) is 6.55. The smallest absolute Gasteiger partial charge is 0.348 e. The zero-order valence-corrected chi connectivity index (χ0v) is 13.7. The Hall–Kier alpha value is -2.22. The number of hydrogen-bond donors (Lipinski definition) is 1. The second-order valence-electron chi connectivity index (χ2n) is 5.55. The van der Waals surface area contributed by atoms with Crippen molar-refractivity contribution in [3.8, 4) is 0 Å². The van der Waals surface area contributed by atoms with Gasteiger partial charge in [-0.25, -0.2) is 14.8 Å². The first-order valence-electron chi connectivity index (χ1n) is 7.33. The van der Waals surface area contributed by atoms with Crippen molar-refractivity contribution in [3.63, 3.8) is 0 Å². The Kier molecular flexibility index (Phi) is 4.16. The maximum Gasteiger partial charge on any atom is 0.348 e. The molecule has 23 heavy (non-hydrogen) atoms. The molecule has 0 saturated carbocycles. The molecular weight excluding hydrogens is 318 g/mol. The molecule has 0 aliphatic carbocycles. The van der Waals surface area contributed by atoms with Crippen molar-refractivity contribution in [1.82, 2.24) is 9.97 Å². The standard InChI is InChI=1S/C15H17N3O4S/c1-8-10-12(18-5-3-4-9(6-18)14(19)20)16-7-17-13(10)23-11(8)15(21)22-2/h7,9H,3-6H2,1-2H3,(H,19,20). The average Bonchev–Trinajstić information content (AvgIpc) is 2.91. The largest absolute Gasteiger partial charge is 0.481 e. The highest BCUT2D eigenvalue weighted by Crippen LogP contribution is 2.36. The van der Waals surface area contributed by atoms with Crippen molar-refractivity contribution < 1.29 is 19.4 Å². The van der Waals surface area contributed by atoms with Gasteiger partial charge in [0.15, 0.2) is 0 Å². The van der Waals surface area contributed by atoms with Gasteiger partial charge in [0.2, 0.25) is 0 Å². The molecule has 8 heteroatoms. The predicted molar refractivity (Wildman–Crippen MR) is 86.1 cm³/mol. The van der Waals surface area contributed by atoms with Crippen LogP contribution >= 0.6 is 11.3 Å². The second kappa shape index (κ2) is 6.11. The normalized spacial score (nSPS) is 18.2. The van der Waals surface area contributed by atoms with Crippen LogP contribution in [0.15, 0.2) is 6.33 Å². The number of carbonyl (C=O) groups is 2. The lowest BCUT2D eigenvalue weighted by atomic mass is 9.98. The van der Waals surface area contributed by atoms with E-state index in [4.69, 9.17) is 4.74 Å². The fourth-order valence-corrected chi connectivity index (χ4v) is 4.01. The lowest BCUT2D eigenvalue weighted by Gasteiger charge is -2.32. The van der Waals surface area contributed by atoms with Crippen molar-refractivity contribution in [3.05, 3.63) is 16.8 Å². The summed E-state index contributed by atoms with van der Waals surface area (Å²) in [4.78, 5) is 35.0. The van der Waals surface area contributed by atoms with Crippen molar-refractivity contribution >= 4 is 39.3 Å². The molecule has 0 radical (unpaired) electrons. The van der Waals surface area contributed by atoms with E-state index < -0.39 is 17.9 Å². The van der Waals surface area contributed by atoms with Crippen molar-refractivity contribution in [2.24, 2.45) is 5.92 Å². The fraction of sp³-hybridized carbons (Fsp3) is 0.467. The van der Waals surface area contributed by atoms with Gasteiger partial charge in [-0.1, -0.05) is 0 Å². The molecule has 0 aromatic carbocycles.